The fourth-order valence-corrected chi connectivity index (χ4v) is 3.65. The fraction of sp³-hybridized carbons (Fsp3) is 0.765. The third kappa shape index (κ3) is 4.29. The molecule has 1 aromatic heterocycles. The van der Waals surface area contributed by atoms with Gasteiger partial charge in [-0.3, -0.25) is 9.79 Å². The van der Waals surface area contributed by atoms with E-state index < -0.39 is 0 Å². The summed E-state index contributed by atoms with van der Waals surface area (Å²) in [5.41, 5.74) is 0.0647. The van der Waals surface area contributed by atoms with Crippen LogP contribution in [0.4, 0.5) is 0 Å². The van der Waals surface area contributed by atoms with E-state index in [2.05, 4.69) is 32.6 Å². The van der Waals surface area contributed by atoms with Crippen molar-refractivity contribution in [2.75, 3.05) is 32.7 Å². The third-order valence-electron chi connectivity index (χ3n) is 4.90. The highest BCUT2D eigenvalue weighted by molar-refractivity contribution is 5.81. The summed E-state index contributed by atoms with van der Waals surface area (Å²) in [6.45, 7) is 8.14. The Bertz CT molecular complexity index is 628. The Kier molecular flexibility index (Phi) is 5.55. The zero-order valence-electron chi connectivity index (χ0n) is 15.2. The Morgan fingerprint density at radius 1 is 1.48 bits per heavy atom. The van der Waals surface area contributed by atoms with Crippen LogP contribution in [-0.4, -0.2) is 59.6 Å². The van der Waals surface area contributed by atoms with Crippen molar-refractivity contribution in [3.63, 3.8) is 0 Å². The lowest BCUT2D eigenvalue weighted by Gasteiger charge is -2.40. The number of piperidine rings is 1. The number of aryl methyl sites for hydroxylation is 1. The van der Waals surface area contributed by atoms with Gasteiger partial charge in [-0.1, -0.05) is 12.1 Å². The van der Waals surface area contributed by atoms with Crippen LogP contribution in [0.15, 0.2) is 9.52 Å². The molecule has 1 aromatic rings. The summed E-state index contributed by atoms with van der Waals surface area (Å²) in [7, 11) is 0. The van der Waals surface area contributed by atoms with Crippen molar-refractivity contribution in [1.82, 2.24) is 25.7 Å². The highest BCUT2D eigenvalue weighted by Gasteiger charge is 2.42. The van der Waals surface area contributed by atoms with Gasteiger partial charge < -0.3 is 20.1 Å². The number of hydrogen-bond donors (Lipinski definition) is 2. The molecule has 8 heteroatoms. The summed E-state index contributed by atoms with van der Waals surface area (Å²) in [5, 5.41) is 10.3. The predicted molar refractivity (Wildman–Crippen MR) is 94.2 cm³/mol. The van der Waals surface area contributed by atoms with Gasteiger partial charge in [-0.2, -0.15) is 4.98 Å². The van der Waals surface area contributed by atoms with Gasteiger partial charge in [0.2, 0.25) is 11.8 Å². The Morgan fingerprint density at radius 3 is 3.04 bits per heavy atom. The van der Waals surface area contributed by atoms with E-state index in [1.165, 1.54) is 0 Å². The molecule has 2 saturated heterocycles. The van der Waals surface area contributed by atoms with Gasteiger partial charge in [0.05, 0.1) is 0 Å². The van der Waals surface area contributed by atoms with Gasteiger partial charge >= 0.3 is 0 Å². The van der Waals surface area contributed by atoms with E-state index in [1.54, 1.807) is 0 Å². The van der Waals surface area contributed by atoms with E-state index in [9.17, 15) is 4.79 Å². The Morgan fingerprint density at radius 2 is 2.36 bits per heavy atom. The summed E-state index contributed by atoms with van der Waals surface area (Å²) < 4.78 is 5.13. The Balaban J connectivity index is 1.62. The summed E-state index contributed by atoms with van der Waals surface area (Å²) in [5.74, 6) is 2.46. The number of hydrogen-bond acceptors (Lipinski definition) is 5. The minimum Gasteiger partial charge on any atom is -0.357 e. The smallest absolute Gasteiger partial charge is 0.226 e. The van der Waals surface area contributed by atoms with Crippen molar-refractivity contribution in [3.8, 4) is 0 Å². The van der Waals surface area contributed by atoms with Gasteiger partial charge in [0, 0.05) is 57.4 Å². The van der Waals surface area contributed by atoms with Crippen LogP contribution in [0, 0.1) is 5.41 Å². The Labute approximate surface area is 148 Å². The lowest BCUT2D eigenvalue weighted by molar-refractivity contribution is -0.119. The van der Waals surface area contributed by atoms with Gasteiger partial charge in [0.1, 0.15) is 0 Å². The molecule has 0 aliphatic carbocycles. The summed E-state index contributed by atoms with van der Waals surface area (Å²) in [6.07, 6.45) is 4.23. The van der Waals surface area contributed by atoms with Gasteiger partial charge in [-0.15, -0.1) is 0 Å². The van der Waals surface area contributed by atoms with Crippen molar-refractivity contribution in [1.29, 1.82) is 0 Å². The van der Waals surface area contributed by atoms with Crippen LogP contribution in [0.1, 0.15) is 44.8 Å². The summed E-state index contributed by atoms with van der Waals surface area (Å²) in [4.78, 5) is 23.0. The maximum Gasteiger partial charge on any atom is 0.226 e. The van der Waals surface area contributed by atoms with Crippen LogP contribution in [0.2, 0.25) is 0 Å². The molecule has 0 bridgehead atoms. The van der Waals surface area contributed by atoms with Gasteiger partial charge in [-0.05, 0) is 19.8 Å². The molecule has 138 valence electrons. The third-order valence-corrected chi connectivity index (χ3v) is 4.90. The number of carbonyl (C=O) groups is 1. The number of guanidine groups is 1. The number of carbonyl (C=O) groups excluding carboxylic acids is 1. The number of aromatic nitrogens is 2. The zero-order chi connectivity index (χ0) is 17.7. The first kappa shape index (κ1) is 17.7. The second-order valence-corrected chi connectivity index (χ2v) is 6.92. The largest absolute Gasteiger partial charge is 0.357 e. The maximum atomic E-state index is 11.7. The fourth-order valence-electron chi connectivity index (χ4n) is 3.65. The van der Waals surface area contributed by atoms with Crippen molar-refractivity contribution in [3.05, 3.63) is 11.7 Å². The van der Waals surface area contributed by atoms with Crippen LogP contribution < -0.4 is 10.6 Å². The van der Waals surface area contributed by atoms with Crippen molar-refractivity contribution in [2.24, 2.45) is 10.4 Å². The van der Waals surface area contributed by atoms with Crippen LogP contribution >= 0.6 is 0 Å². The molecule has 1 unspecified atom stereocenters. The molecular weight excluding hydrogens is 320 g/mol. The van der Waals surface area contributed by atoms with Crippen LogP contribution in [0.25, 0.3) is 0 Å². The number of likely N-dealkylation sites (tertiary alicyclic amines) is 1. The van der Waals surface area contributed by atoms with Crippen molar-refractivity contribution < 1.29 is 9.32 Å². The SMILES string of the molecule is CCNC(=NCCc1noc(CC)n1)N1CCCC2(CNC(=O)C2)C1. The Hall–Kier alpha value is -2.12. The highest BCUT2D eigenvalue weighted by Crippen LogP contribution is 2.35. The number of nitrogens with one attached hydrogen (secondary N) is 2. The van der Waals surface area contributed by atoms with E-state index in [-0.39, 0.29) is 11.3 Å². The molecule has 2 fully saturated rings. The molecule has 2 N–H and O–H groups in total. The van der Waals surface area contributed by atoms with Gasteiger partial charge in [0.25, 0.3) is 0 Å². The maximum absolute atomic E-state index is 11.7. The van der Waals surface area contributed by atoms with E-state index in [0.29, 0.717) is 31.1 Å². The second kappa shape index (κ2) is 7.84. The number of rotatable bonds is 5. The van der Waals surface area contributed by atoms with E-state index in [4.69, 9.17) is 9.52 Å². The first-order valence-electron chi connectivity index (χ1n) is 9.25. The number of nitrogens with zero attached hydrogens (tertiary/aromatic N) is 4. The first-order chi connectivity index (χ1) is 12.1. The minimum atomic E-state index is 0.0647. The topological polar surface area (TPSA) is 95.7 Å². The minimum absolute atomic E-state index is 0.0647. The van der Waals surface area contributed by atoms with Gasteiger partial charge in [0.15, 0.2) is 11.8 Å². The molecule has 1 amide bonds. The molecule has 2 aliphatic rings. The predicted octanol–water partition coefficient (Wildman–Crippen LogP) is 0.742. The molecule has 0 radical (unpaired) electrons. The number of aliphatic imine (C=N–C) groups is 1. The average Bonchev–Trinajstić information content (AvgIpc) is 3.21. The molecular formula is C17H28N6O2. The standard InChI is InChI=1S/C17H28N6O2/c1-3-15-21-13(22-25-15)6-8-19-16(18-4-2)23-9-5-7-17(12-23)10-14(24)20-11-17/h3-12H2,1-2H3,(H,18,19)(H,20,24). The molecule has 25 heavy (non-hydrogen) atoms. The molecule has 3 rings (SSSR count). The van der Waals surface area contributed by atoms with Crippen LogP contribution in [0.5, 0.6) is 0 Å². The van der Waals surface area contributed by atoms with Crippen LogP contribution in [0.3, 0.4) is 0 Å². The van der Waals surface area contributed by atoms with Crippen molar-refractivity contribution in [2.45, 2.75) is 46.0 Å². The highest BCUT2D eigenvalue weighted by atomic mass is 16.5. The first-order valence-corrected chi connectivity index (χ1v) is 9.25. The molecule has 8 nitrogen and oxygen atoms in total. The molecule has 1 spiro atoms. The van der Waals surface area contributed by atoms with E-state index in [1.807, 2.05) is 6.92 Å². The molecule has 0 aromatic carbocycles. The van der Waals surface area contributed by atoms with Crippen molar-refractivity contribution >= 4 is 11.9 Å². The molecule has 0 saturated carbocycles. The molecule has 3 heterocycles. The number of amides is 1. The lowest BCUT2D eigenvalue weighted by Crippen LogP contribution is -2.51. The van der Waals surface area contributed by atoms with E-state index >= 15 is 0 Å². The average molecular weight is 348 g/mol. The monoisotopic (exact) mass is 348 g/mol. The molecule has 1 atom stereocenters. The summed E-state index contributed by atoms with van der Waals surface area (Å²) in [6, 6.07) is 0. The quantitative estimate of drug-likeness (QED) is 0.602. The lowest BCUT2D eigenvalue weighted by atomic mass is 9.79. The van der Waals surface area contributed by atoms with Crippen LogP contribution in [-0.2, 0) is 17.6 Å². The van der Waals surface area contributed by atoms with Gasteiger partial charge in [-0.25, -0.2) is 0 Å². The zero-order valence-corrected chi connectivity index (χ0v) is 15.2. The second-order valence-electron chi connectivity index (χ2n) is 6.92. The van der Waals surface area contributed by atoms with E-state index in [0.717, 1.165) is 51.4 Å². The summed E-state index contributed by atoms with van der Waals surface area (Å²) >= 11 is 0. The normalized spacial score (nSPS) is 24.0. The molecule has 2 aliphatic heterocycles.